The SMILES string of the molecule is Cc1n[nH]c(C)c1-c1ccc2c(c1)nc(Nc1ccc(C(F)(F)F)cc1)n2C1CC(C)CC(C)(C)C1. The van der Waals surface area contributed by atoms with Crippen molar-refractivity contribution in [1.29, 1.82) is 0 Å². The summed E-state index contributed by atoms with van der Waals surface area (Å²) in [5.41, 5.74) is 5.99. The molecule has 2 atom stereocenters. The van der Waals surface area contributed by atoms with Crippen molar-refractivity contribution in [3.63, 3.8) is 0 Å². The first-order valence-electron chi connectivity index (χ1n) is 12.4. The van der Waals surface area contributed by atoms with Gasteiger partial charge >= 0.3 is 6.18 Å². The molecule has 0 aliphatic heterocycles. The van der Waals surface area contributed by atoms with Crippen molar-refractivity contribution < 1.29 is 13.2 Å². The summed E-state index contributed by atoms with van der Waals surface area (Å²) < 4.78 is 41.5. The van der Waals surface area contributed by atoms with Crippen LogP contribution in [0.25, 0.3) is 22.2 Å². The van der Waals surface area contributed by atoms with Crippen molar-refractivity contribution in [3.05, 3.63) is 59.4 Å². The number of nitrogens with zero attached hydrogens (tertiary/aromatic N) is 3. The van der Waals surface area contributed by atoms with Crippen molar-refractivity contribution >= 4 is 22.7 Å². The topological polar surface area (TPSA) is 58.5 Å². The van der Waals surface area contributed by atoms with Crippen LogP contribution in [0.4, 0.5) is 24.8 Å². The van der Waals surface area contributed by atoms with Crippen molar-refractivity contribution in [1.82, 2.24) is 19.7 Å². The molecule has 2 N–H and O–H groups in total. The number of anilines is 2. The summed E-state index contributed by atoms with van der Waals surface area (Å²) in [5, 5.41) is 10.7. The number of aryl methyl sites for hydroxylation is 2. The van der Waals surface area contributed by atoms with E-state index in [1.54, 1.807) is 0 Å². The summed E-state index contributed by atoms with van der Waals surface area (Å²) in [4.78, 5) is 4.96. The molecule has 0 saturated heterocycles. The van der Waals surface area contributed by atoms with E-state index in [9.17, 15) is 13.2 Å². The molecular weight excluding hydrogens is 463 g/mol. The van der Waals surface area contributed by atoms with Gasteiger partial charge in [0, 0.05) is 23.0 Å². The van der Waals surface area contributed by atoms with Crippen LogP contribution in [0.1, 0.15) is 63.0 Å². The Morgan fingerprint density at radius 1 is 1.06 bits per heavy atom. The van der Waals surface area contributed by atoms with Gasteiger partial charge < -0.3 is 9.88 Å². The van der Waals surface area contributed by atoms with Crippen LogP contribution in [0.3, 0.4) is 0 Å². The Morgan fingerprint density at radius 2 is 1.78 bits per heavy atom. The maximum atomic E-state index is 13.1. The minimum Gasteiger partial charge on any atom is -0.326 e. The van der Waals surface area contributed by atoms with Gasteiger partial charge in [0.15, 0.2) is 0 Å². The fraction of sp³-hybridized carbons (Fsp3) is 0.429. The van der Waals surface area contributed by atoms with Crippen LogP contribution in [0, 0.1) is 25.2 Å². The lowest BCUT2D eigenvalue weighted by Crippen LogP contribution is -2.29. The second kappa shape index (κ2) is 8.68. The van der Waals surface area contributed by atoms with Gasteiger partial charge in [-0.3, -0.25) is 5.10 Å². The molecule has 0 spiro atoms. The molecule has 4 aromatic rings. The summed E-state index contributed by atoms with van der Waals surface area (Å²) in [7, 11) is 0. The maximum absolute atomic E-state index is 13.1. The van der Waals surface area contributed by atoms with E-state index in [0.717, 1.165) is 58.5 Å². The molecule has 5 nitrogen and oxygen atoms in total. The number of imidazole rings is 1. The minimum absolute atomic E-state index is 0.190. The number of benzene rings is 2. The lowest BCUT2D eigenvalue weighted by atomic mass is 9.70. The largest absolute Gasteiger partial charge is 0.416 e. The fourth-order valence-corrected chi connectivity index (χ4v) is 6.05. The predicted octanol–water partition coefficient (Wildman–Crippen LogP) is 8.19. The van der Waals surface area contributed by atoms with E-state index in [0.29, 0.717) is 17.6 Å². The number of H-pyrrole nitrogens is 1. The molecule has 2 aromatic heterocycles. The van der Waals surface area contributed by atoms with Crippen LogP contribution in [-0.2, 0) is 6.18 Å². The Balaban J connectivity index is 1.60. The van der Waals surface area contributed by atoms with Crippen molar-refractivity contribution in [3.8, 4) is 11.1 Å². The first-order valence-corrected chi connectivity index (χ1v) is 12.4. The molecule has 36 heavy (non-hydrogen) atoms. The van der Waals surface area contributed by atoms with E-state index < -0.39 is 11.7 Å². The molecule has 190 valence electrons. The summed E-state index contributed by atoms with van der Waals surface area (Å²) in [6.07, 6.45) is -1.17. The van der Waals surface area contributed by atoms with Gasteiger partial charge in [0.2, 0.25) is 5.95 Å². The third-order valence-corrected chi connectivity index (χ3v) is 7.30. The number of fused-ring (bicyclic) bond motifs is 1. The number of aromatic amines is 1. The Labute approximate surface area is 209 Å². The molecular formula is C28H32F3N5. The first-order chi connectivity index (χ1) is 16.9. The molecule has 1 saturated carbocycles. The van der Waals surface area contributed by atoms with Crippen LogP contribution in [0.2, 0.25) is 0 Å². The van der Waals surface area contributed by atoms with Gasteiger partial charge in [0.1, 0.15) is 0 Å². The summed E-state index contributed by atoms with van der Waals surface area (Å²) >= 11 is 0. The summed E-state index contributed by atoms with van der Waals surface area (Å²) in [6, 6.07) is 11.6. The molecule has 5 rings (SSSR count). The number of hydrogen-bond donors (Lipinski definition) is 2. The number of alkyl halides is 3. The molecule has 0 bridgehead atoms. The third kappa shape index (κ3) is 4.61. The van der Waals surface area contributed by atoms with E-state index in [1.165, 1.54) is 18.6 Å². The zero-order valence-electron chi connectivity index (χ0n) is 21.3. The second-order valence-corrected chi connectivity index (χ2v) is 11.1. The van der Waals surface area contributed by atoms with Gasteiger partial charge in [-0.05, 0) is 86.4 Å². The molecule has 2 aromatic carbocycles. The smallest absolute Gasteiger partial charge is 0.326 e. The van der Waals surface area contributed by atoms with Crippen LogP contribution < -0.4 is 5.32 Å². The Kier molecular flexibility index (Phi) is 5.88. The van der Waals surface area contributed by atoms with Crippen LogP contribution >= 0.6 is 0 Å². The lowest BCUT2D eigenvalue weighted by molar-refractivity contribution is -0.137. The number of hydrogen-bond acceptors (Lipinski definition) is 3. The van der Waals surface area contributed by atoms with Gasteiger partial charge in [-0.25, -0.2) is 4.98 Å². The Hall–Kier alpha value is -3.29. The number of aromatic nitrogens is 4. The van der Waals surface area contributed by atoms with Crippen molar-refractivity contribution in [2.45, 2.75) is 66.1 Å². The Morgan fingerprint density at radius 3 is 2.39 bits per heavy atom. The normalized spacial score (nSPS) is 20.1. The molecule has 1 fully saturated rings. The van der Waals surface area contributed by atoms with Gasteiger partial charge in [-0.15, -0.1) is 0 Å². The van der Waals surface area contributed by atoms with E-state index in [-0.39, 0.29) is 11.5 Å². The molecule has 0 amide bonds. The fourth-order valence-electron chi connectivity index (χ4n) is 6.05. The predicted molar refractivity (Wildman–Crippen MR) is 137 cm³/mol. The Bertz CT molecular complexity index is 1380. The average molecular weight is 496 g/mol. The second-order valence-electron chi connectivity index (χ2n) is 11.1. The minimum atomic E-state index is -4.37. The molecule has 1 aliphatic rings. The molecule has 0 radical (unpaired) electrons. The molecule has 1 aliphatic carbocycles. The zero-order chi connectivity index (χ0) is 25.8. The van der Waals surface area contributed by atoms with Gasteiger partial charge in [0.05, 0.1) is 22.3 Å². The number of nitrogens with one attached hydrogen (secondary N) is 2. The summed E-state index contributed by atoms with van der Waals surface area (Å²) in [6.45, 7) is 10.9. The van der Waals surface area contributed by atoms with Gasteiger partial charge in [-0.1, -0.05) is 26.8 Å². The zero-order valence-corrected chi connectivity index (χ0v) is 21.3. The van der Waals surface area contributed by atoms with Crippen LogP contribution in [0.15, 0.2) is 42.5 Å². The van der Waals surface area contributed by atoms with E-state index in [1.807, 2.05) is 13.8 Å². The van der Waals surface area contributed by atoms with Gasteiger partial charge in [-0.2, -0.15) is 18.3 Å². The average Bonchev–Trinajstić information content (AvgIpc) is 3.30. The quantitative estimate of drug-likeness (QED) is 0.300. The molecule has 2 unspecified atom stereocenters. The van der Waals surface area contributed by atoms with E-state index >= 15 is 0 Å². The highest BCUT2D eigenvalue weighted by atomic mass is 19.4. The lowest BCUT2D eigenvalue weighted by Gasteiger charge is -2.40. The number of rotatable bonds is 4. The third-order valence-electron chi connectivity index (χ3n) is 7.30. The standard InChI is InChI=1S/C28H32F3N5/c1-16-12-22(15-27(4,5)14-16)36-24-11-6-19(25-17(2)34-35-18(25)3)13-23(24)33-26(36)32-21-9-7-20(8-10-21)28(29,30)31/h6-11,13,16,22H,12,14-15H2,1-5H3,(H,32,33)(H,34,35). The van der Waals surface area contributed by atoms with Crippen LogP contribution in [-0.4, -0.2) is 19.7 Å². The highest BCUT2D eigenvalue weighted by Crippen LogP contribution is 2.46. The van der Waals surface area contributed by atoms with E-state index in [2.05, 4.69) is 59.1 Å². The first kappa shape index (κ1) is 24.4. The highest BCUT2D eigenvalue weighted by molar-refractivity contribution is 5.86. The van der Waals surface area contributed by atoms with Gasteiger partial charge in [0.25, 0.3) is 0 Å². The molecule has 2 heterocycles. The van der Waals surface area contributed by atoms with Crippen molar-refractivity contribution in [2.75, 3.05) is 5.32 Å². The highest BCUT2D eigenvalue weighted by Gasteiger charge is 2.35. The van der Waals surface area contributed by atoms with Crippen molar-refractivity contribution in [2.24, 2.45) is 11.3 Å². The van der Waals surface area contributed by atoms with Crippen LogP contribution in [0.5, 0.6) is 0 Å². The maximum Gasteiger partial charge on any atom is 0.416 e. The summed E-state index contributed by atoms with van der Waals surface area (Å²) in [5.74, 6) is 1.21. The number of halogens is 3. The molecule has 8 heteroatoms. The monoisotopic (exact) mass is 495 g/mol. The van der Waals surface area contributed by atoms with E-state index in [4.69, 9.17) is 4.98 Å².